The van der Waals surface area contributed by atoms with E-state index in [9.17, 15) is 5.11 Å². The number of H-pyrrole nitrogens is 1. The zero-order valence-electron chi connectivity index (χ0n) is 15.0. The molecule has 0 fully saturated rings. The van der Waals surface area contributed by atoms with E-state index >= 15 is 0 Å². The van der Waals surface area contributed by atoms with Crippen LogP contribution in [0.1, 0.15) is 0 Å². The van der Waals surface area contributed by atoms with E-state index in [-0.39, 0.29) is 17.5 Å². The van der Waals surface area contributed by atoms with Crippen molar-refractivity contribution in [2.75, 3.05) is 0 Å². The Morgan fingerprint density at radius 2 is 1.62 bits per heavy atom. The highest BCUT2D eigenvalue weighted by atomic mass is 35.5. The number of azo groups is 1. The lowest BCUT2D eigenvalue weighted by Gasteiger charge is -2.07. The number of benzene rings is 3. The number of fused-ring (bicyclic) bond motifs is 2. The molecular formula is C22H14ClN5O. The van der Waals surface area contributed by atoms with E-state index in [1.54, 1.807) is 6.07 Å². The second-order valence-electron chi connectivity index (χ2n) is 6.47. The van der Waals surface area contributed by atoms with E-state index in [0.717, 1.165) is 16.5 Å². The first-order valence-corrected chi connectivity index (χ1v) is 9.31. The summed E-state index contributed by atoms with van der Waals surface area (Å²) in [5.41, 5.74) is 3.12. The summed E-state index contributed by atoms with van der Waals surface area (Å²) in [6.07, 6.45) is 0. The molecule has 0 spiro atoms. The van der Waals surface area contributed by atoms with Crippen LogP contribution in [0.25, 0.3) is 33.1 Å². The van der Waals surface area contributed by atoms with Gasteiger partial charge in [-0.3, -0.25) is 0 Å². The molecule has 2 heterocycles. The predicted molar refractivity (Wildman–Crippen MR) is 114 cm³/mol. The highest BCUT2D eigenvalue weighted by Crippen LogP contribution is 2.36. The molecule has 0 aliphatic carbocycles. The summed E-state index contributed by atoms with van der Waals surface area (Å²) in [6, 6.07) is 22.6. The lowest BCUT2D eigenvalue weighted by molar-refractivity contribution is 0.482. The number of rotatable bonds is 3. The van der Waals surface area contributed by atoms with Gasteiger partial charge >= 0.3 is 0 Å². The number of nitrogens with one attached hydrogen (secondary N) is 1. The molecule has 7 heteroatoms. The highest BCUT2D eigenvalue weighted by molar-refractivity contribution is 6.31. The molecule has 0 bridgehead atoms. The molecule has 0 amide bonds. The molecule has 6 nitrogen and oxygen atoms in total. The SMILES string of the molecule is Oc1c(/N=N/c2nc(-c3ccccc3)c3cc(Cl)ccc3n2)[nH]c2ccccc12. The van der Waals surface area contributed by atoms with Crippen molar-refractivity contribution < 1.29 is 5.11 Å². The fourth-order valence-electron chi connectivity index (χ4n) is 3.23. The van der Waals surface area contributed by atoms with Gasteiger partial charge in [0.25, 0.3) is 5.95 Å². The molecule has 29 heavy (non-hydrogen) atoms. The van der Waals surface area contributed by atoms with Crippen molar-refractivity contribution in [3.8, 4) is 17.0 Å². The number of hydrogen-bond donors (Lipinski definition) is 2. The fraction of sp³-hybridized carbons (Fsp3) is 0. The van der Waals surface area contributed by atoms with Gasteiger partial charge in [-0.2, -0.15) is 0 Å². The van der Waals surface area contributed by atoms with Gasteiger partial charge in [0.2, 0.25) is 0 Å². The number of aromatic amines is 1. The topological polar surface area (TPSA) is 86.5 Å². The molecule has 0 unspecified atom stereocenters. The molecule has 5 rings (SSSR count). The molecule has 140 valence electrons. The van der Waals surface area contributed by atoms with Crippen LogP contribution in [-0.2, 0) is 0 Å². The average molecular weight is 400 g/mol. The zero-order chi connectivity index (χ0) is 19.8. The van der Waals surface area contributed by atoms with Crippen LogP contribution in [0.3, 0.4) is 0 Å². The molecular weight excluding hydrogens is 386 g/mol. The molecule has 2 aromatic heterocycles. The quantitative estimate of drug-likeness (QED) is 0.337. The lowest BCUT2D eigenvalue weighted by atomic mass is 10.1. The number of hydrogen-bond acceptors (Lipinski definition) is 5. The normalized spacial score (nSPS) is 11.6. The maximum Gasteiger partial charge on any atom is 0.270 e. The Balaban J connectivity index is 1.64. The third-order valence-corrected chi connectivity index (χ3v) is 4.83. The Labute approximate surface area is 170 Å². The molecule has 0 aliphatic heterocycles. The second-order valence-corrected chi connectivity index (χ2v) is 6.90. The predicted octanol–water partition coefficient (Wildman–Crippen LogP) is 6.55. The van der Waals surface area contributed by atoms with Crippen LogP contribution >= 0.6 is 11.6 Å². The van der Waals surface area contributed by atoms with Gasteiger partial charge < -0.3 is 10.1 Å². The van der Waals surface area contributed by atoms with E-state index in [1.807, 2.05) is 66.7 Å². The Hall–Kier alpha value is -3.77. The smallest absolute Gasteiger partial charge is 0.270 e. The van der Waals surface area contributed by atoms with E-state index in [4.69, 9.17) is 11.6 Å². The maximum atomic E-state index is 10.4. The minimum Gasteiger partial charge on any atom is -0.504 e. The lowest BCUT2D eigenvalue weighted by Crippen LogP contribution is -1.90. The number of aromatic nitrogens is 3. The van der Waals surface area contributed by atoms with Crippen molar-refractivity contribution in [3.63, 3.8) is 0 Å². The van der Waals surface area contributed by atoms with Crippen molar-refractivity contribution in [2.45, 2.75) is 0 Å². The monoisotopic (exact) mass is 399 g/mol. The molecule has 0 saturated heterocycles. The van der Waals surface area contributed by atoms with E-state index in [0.29, 0.717) is 21.6 Å². The van der Waals surface area contributed by atoms with Gasteiger partial charge in [0.1, 0.15) is 0 Å². The minimum absolute atomic E-state index is 0.0419. The van der Waals surface area contributed by atoms with Crippen LogP contribution in [0.4, 0.5) is 11.8 Å². The van der Waals surface area contributed by atoms with Crippen molar-refractivity contribution >= 4 is 45.2 Å². The van der Waals surface area contributed by atoms with Crippen LogP contribution in [0.5, 0.6) is 5.75 Å². The molecule has 0 radical (unpaired) electrons. The first kappa shape index (κ1) is 17.3. The van der Waals surface area contributed by atoms with Gasteiger partial charge in [-0.1, -0.05) is 54.1 Å². The number of para-hydroxylation sites is 1. The van der Waals surface area contributed by atoms with Gasteiger partial charge in [0, 0.05) is 21.4 Å². The van der Waals surface area contributed by atoms with Gasteiger partial charge in [-0.25, -0.2) is 9.97 Å². The summed E-state index contributed by atoms with van der Waals surface area (Å²) in [7, 11) is 0. The van der Waals surface area contributed by atoms with E-state index < -0.39 is 0 Å². The van der Waals surface area contributed by atoms with Crippen LogP contribution in [0, 0.1) is 0 Å². The summed E-state index contributed by atoms with van der Waals surface area (Å²) in [5, 5.41) is 20.8. The summed E-state index contributed by atoms with van der Waals surface area (Å²) >= 11 is 6.19. The average Bonchev–Trinajstić information content (AvgIpc) is 3.08. The zero-order valence-corrected chi connectivity index (χ0v) is 15.8. The molecule has 5 aromatic rings. The van der Waals surface area contributed by atoms with Crippen LogP contribution in [0.15, 0.2) is 83.0 Å². The standard InChI is InChI=1S/C22H14ClN5O/c23-14-10-11-18-16(12-14)19(13-6-2-1-3-7-13)26-22(25-18)28-27-21-20(29)15-8-4-5-9-17(15)24-21/h1-12,24,29H/b28-27+. The number of aromatic hydroxyl groups is 1. The molecule has 2 N–H and O–H groups in total. The number of halogens is 1. The number of nitrogens with zero attached hydrogens (tertiary/aromatic N) is 4. The third-order valence-electron chi connectivity index (χ3n) is 4.59. The van der Waals surface area contributed by atoms with Gasteiger partial charge in [-0.15, -0.1) is 10.2 Å². The van der Waals surface area contributed by atoms with E-state index in [2.05, 4.69) is 25.2 Å². The molecule has 0 aliphatic rings. The summed E-state index contributed by atoms with van der Waals surface area (Å²) in [4.78, 5) is 12.1. The second kappa shape index (κ2) is 7.00. The van der Waals surface area contributed by atoms with Crippen molar-refractivity contribution in [1.82, 2.24) is 15.0 Å². The molecule has 3 aromatic carbocycles. The van der Waals surface area contributed by atoms with Crippen LogP contribution in [-0.4, -0.2) is 20.1 Å². The summed E-state index contributed by atoms with van der Waals surface area (Å²) < 4.78 is 0. The Kier molecular flexibility index (Phi) is 4.18. The highest BCUT2D eigenvalue weighted by Gasteiger charge is 2.12. The third kappa shape index (κ3) is 3.19. The Morgan fingerprint density at radius 1 is 0.828 bits per heavy atom. The van der Waals surface area contributed by atoms with Crippen molar-refractivity contribution in [3.05, 3.63) is 77.8 Å². The van der Waals surface area contributed by atoms with E-state index in [1.165, 1.54) is 0 Å². The van der Waals surface area contributed by atoms with Crippen LogP contribution in [0.2, 0.25) is 5.02 Å². The van der Waals surface area contributed by atoms with Crippen molar-refractivity contribution in [1.29, 1.82) is 0 Å². The Bertz CT molecular complexity index is 1380. The van der Waals surface area contributed by atoms with Crippen molar-refractivity contribution in [2.24, 2.45) is 10.2 Å². The summed E-state index contributed by atoms with van der Waals surface area (Å²) in [5.74, 6) is 0.490. The van der Waals surface area contributed by atoms with Crippen LogP contribution < -0.4 is 0 Å². The minimum atomic E-state index is 0.0419. The summed E-state index contributed by atoms with van der Waals surface area (Å²) in [6.45, 7) is 0. The van der Waals surface area contributed by atoms with Gasteiger partial charge in [0.15, 0.2) is 11.6 Å². The molecule has 0 atom stereocenters. The first-order valence-electron chi connectivity index (χ1n) is 8.93. The maximum absolute atomic E-state index is 10.4. The Morgan fingerprint density at radius 3 is 2.45 bits per heavy atom. The largest absolute Gasteiger partial charge is 0.504 e. The van der Waals surface area contributed by atoms with Gasteiger partial charge in [-0.05, 0) is 30.3 Å². The van der Waals surface area contributed by atoms with Gasteiger partial charge in [0.05, 0.1) is 16.7 Å². The molecule has 0 saturated carbocycles. The first-order chi connectivity index (χ1) is 14.2. The fourth-order valence-corrected chi connectivity index (χ4v) is 3.40.